The van der Waals surface area contributed by atoms with Crippen LogP contribution < -0.4 is 21.0 Å². The van der Waals surface area contributed by atoms with E-state index in [-0.39, 0.29) is 11.9 Å². The van der Waals surface area contributed by atoms with E-state index < -0.39 is 0 Å². The molecule has 202 valence electrons. The van der Waals surface area contributed by atoms with Crippen LogP contribution in [0.15, 0.2) is 61.2 Å². The average molecular weight is 536 g/mol. The number of ether oxygens (including phenoxy) is 1. The van der Waals surface area contributed by atoms with Gasteiger partial charge in [0.2, 0.25) is 0 Å². The van der Waals surface area contributed by atoms with E-state index in [1.54, 1.807) is 30.9 Å². The first-order valence-electron chi connectivity index (χ1n) is 13.5. The predicted octanol–water partition coefficient (Wildman–Crippen LogP) is 4.84. The summed E-state index contributed by atoms with van der Waals surface area (Å²) in [5.74, 6) is 0.962. The third-order valence-electron chi connectivity index (χ3n) is 7.25. The Bertz CT molecular complexity index is 1820. The van der Waals surface area contributed by atoms with E-state index in [4.69, 9.17) is 15.5 Å². The second-order valence-corrected chi connectivity index (χ2v) is 9.89. The monoisotopic (exact) mass is 535 g/mol. The lowest BCUT2D eigenvalue weighted by Gasteiger charge is -2.23. The maximum atomic E-state index is 14.0. The molecule has 0 radical (unpaired) electrons. The minimum absolute atomic E-state index is 0.223. The highest BCUT2D eigenvalue weighted by atomic mass is 19.1. The van der Waals surface area contributed by atoms with Crippen LogP contribution in [0, 0.1) is 5.82 Å². The largest absolute Gasteiger partial charge is 0.489 e. The van der Waals surface area contributed by atoms with Gasteiger partial charge in [0.1, 0.15) is 17.3 Å². The first kappa shape index (κ1) is 25.5. The highest BCUT2D eigenvalue weighted by molar-refractivity contribution is 5.92. The van der Waals surface area contributed by atoms with Crippen LogP contribution in [0.4, 0.5) is 4.39 Å². The van der Waals surface area contributed by atoms with Crippen molar-refractivity contribution in [3.63, 3.8) is 0 Å². The van der Waals surface area contributed by atoms with Gasteiger partial charge in [-0.25, -0.2) is 14.4 Å². The number of H-pyrrole nitrogens is 2. The summed E-state index contributed by atoms with van der Waals surface area (Å²) in [6.07, 6.45) is 16.7. The molecule has 1 fully saturated rings. The van der Waals surface area contributed by atoms with E-state index in [1.165, 1.54) is 31.4 Å². The first-order chi connectivity index (χ1) is 19.6. The van der Waals surface area contributed by atoms with E-state index in [2.05, 4.69) is 25.1 Å². The van der Waals surface area contributed by atoms with Gasteiger partial charge >= 0.3 is 0 Å². The zero-order chi connectivity index (χ0) is 27.5. The molecule has 1 aliphatic carbocycles. The van der Waals surface area contributed by atoms with Gasteiger partial charge in [0.05, 0.1) is 23.2 Å². The highest BCUT2D eigenvalue weighted by Crippen LogP contribution is 2.28. The molecule has 0 bridgehead atoms. The zero-order valence-electron chi connectivity index (χ0n) is 22.2. The number of nitrogens with two attached hydrogens (primary N) is 1. The minimum atomic E-state index is -0.307. The van der Waals surface area contributed by atoms with Crippen molar-refractivity contribution >= 4 is 28.9 Å². The van der Waals surface area contributed by atoms with E-state index in [0.717, 1.165) is 51.4 Å². The molecule has 1 aliphatic rings. The summed E-state index contributed by atoms with van der Waals surface area (Å²) in [5, 5.41) is 9.28. The summed E-state index contributed by atoms with van der Waals surface area (Å²) in [4.78, 5) is 16.9. The molecule has 4 heterocycles. The predicted molar refractivity (Wildman–Crippen MR) is 155 cm³/mol. The molecule has 4 aromatic heterocycles. The van der Waals surface area contributed by atoms with Crippen molar-refractivity contribution in [1.82, 2.24) is 30.1 Å². The molecule has 1 saturated carbocycles. The summed E-state index contributed by atoms with van der Waals surface area (Å²) in [6, 6.07) is 10.3. The Morgan fingerprint density at radius 3 is 2.80 bits per heavy atom. The van der Waals surface area contributed by atoms with Crippen LogP contribution >= 0.6 is 0 Å². The number of halogens is 1. The van der Waals surface area contributed by atoms with Gasteiger partial charge in [0.15, 0.2) is 11.5 Å². The molecular formula is C31H30FN7O. The smallest absolute Gasteiger partial charge is 0.178 e. The molecule has 5 aromatic rings. The van der Waals surface area contributed by atoms with Crippen molar-refractivity contribution in [2.24, 2.45) is 5.73 Å². The summed E-state index contributed by atoms with van der Waals surface area (Å²) in [7, 11) is 0. The SMILES string of the molecule is C\C=c1/[nH]nc(-c2nc3nccc(-c4cccc(F)c4)c3[nH]2)/c1=C/C(=C\N)c1cncc(OC2CCCCC2)c1. The molecule has 0 spiro atoms. The lowest BCUT2D eigenvalue weighted by molar-refractivity contribution is 0.154. The molecular weight excluding hydrogens is 505 g/mol. The fraction of sp³-hybridized carbons (Fsp3) is 0.226. The summed E-state index contributed by atoms with van der Waals surface area (Å²) in [6.45, 7) is 1.93. The third-order valence-corrected chi connectivity index (χ3v) is 7.25. The lowest BCUT2D eigenvalue weighted by Crippen LogP contribution is -2.24. The van der Waals surface area contributed by atoms with Crippen LogP contribution in [0.5, 0.6) is 5.75 Å². The molecule has 0 unspecified atom stereocenters. The Hall–Kier alpha value is -4.79. The number of fused-ring (bicyclic) bond motifs is 1. The summed E-state index contributed by atoms with van der Waals surface area (Å²) >= 11 is 0. The molecule has 1 aromatic carbocycles. The van der Waals surface area contributed by atoms with Crippen LogP contribution in [0.1, 0.15) is 44.6 Å². The Balaban J connectivity index is 1.40. The van der Waals surface area contributed by atoms with E-state index in [9.17, 15) is 4.39 Å². The van der Waals surface area contributed by atoms with Crippen LogP contribution in [-0.2, 0) is 0 Å². The fourth-order valence-electron chi connectivity index (χ4n) is 5.23. The number of allylic oxidation sites excluding steroid dienone is 1. The number of aromatic amines is 2. The second-order valence-electron chi connectivity index (χ2n) is 9.89. The number of rotatable bonds is 6. The van der Waals surface area contributed by atoms with Gasteiger partial charge in [0, 0.05) is 34.9 Å². The maximum absolute atomic E-state index is 14.0. The fourth-order valence-corrected chi connectivity index (χ4v) is 5.23. The van der Waals surface area contributed by atoms with E-state index >= 15 is 0 Å². The van der Waals surface area contributed by atoms with Crippen molar-refractivity contribution in [2.45, 2.75) is 45.1 Å². The number of benzene rings is 1. The van der Waals surface area contributed by atoms with Gasteiger partial charge in [-0.15, -0.1) is 0 Å². The highest BCUT2D eigenvalue weighted by Gasteiger charge is 2.17. The quantitative estimate of drug-likeness (QED) is 0.286. The molecule has 0 saturated heterocycles. The summed E-state index contributed by atoms with van der Waals surface area (Å²) < 4.78 is 20.2. The van der Waals surface area contributed by atoms with Crippen LogP contribution in [0.2, 0.25) is 0 Å². The number of hydrogen-bond acceptors (Lipinski definition) is 6. The molecule has 0 atom stereocenters. The average Bonchev–Trinajstić information content (AvgIpc) is 3.60. The molecule has 4 N–H and O–H groups in total. The van der Waals surface area contributed by atoms with Gasteiger partial charge < -0.3 is 15.5 Å². The lowest BCUT2D eigenvalue weighted by atomic mass is 9.98. The third kappa shape index (κ3) is 5.10. The van der Waals surface area contributed by atoms with Crippen LogP contribution in [0.3, 0.4) is 0 Å². The number of aromatic nitrogens is 6. The van der Waals surface area contributed by atoms with E-state index in [1.807, 2.05) is 37.3 Å². The topological polar surface area (TPSA) is 118 Å². The zero-order valence-corrected chi connectivity index (χ0v) is 22.2. The van der Waals surface area contributed by atoms with Crippen molar-refractivity contribution in [3.05, 3.63) is 83.1 Å². The number of hydrogen-bond donors (Lipinski definition) is 3. The molecule has 6 rings (SSSR count). The van der Waals surface area contributed by atoms with Gasteiger partial charge in [0.25, 0.3) is 0 Å². The van der Waals surface area contributed by atoms with Gasteiger partial charge in [-0.1, -0.05) is 24.6 Å². The molecule has 0 amide bonds. The summed E-state index contributed by atoms with van der Waals surface area (Å²) in [5.41, 5.74) is 11.1. The van der Waals surface area contributed by atoms with Crippen LogP contribution in [-0.4, -0.2) is 36.2 Å². The first-order valence-corrected chi connectivity index (χ1v) is 13.5. The molecule has 0 aliphatic heterocycles. The molecule has 9 heteroatoms. The number of nitrogens with one attached hydrogen (secondary N) is 2. The molecule has 40 heavy (non-hydrogen) atoms. The Morgan fingerprint density at radius 2 is 2.00 bits per heavy atom. The Morgan fingerprint density at radius 1 is 1.12 bits per heavy atom. The number of nitrogens with zero attached hydrogens (tertiary/aromatic N) is 4. The van der Waals surface area contributed by atoms with Crippen molar-refractivity contribution < 1.29 is 9.13 Å². The number of imidazole rings is 1. The van der Waals surface area contributed by atoms with Crippen molar-refractivity contribution in [1.29, 1.82) is 0 Å². The number of pyridine rings is 2. The van der Waals surface area contributed by atoms with Crippen molar-refractivity contribution in [2.75, 3.05) is 0 Å². The maximum Gasteiger partial charge on any atom is 0.178 e. The standard InChI is InChI=1S/C31H30FN7O/c1-2-27-26(15-20(16-33)21-14-24(18-34-17-21)40-23-9-4-3-5-10-23)29(39-38-27)31-36-28-25(11-12-35-30(28)37-31)19-7-6-8-22(32)13-19/h2,6-8,11-18,23,38H,3-5,9-10,33H2,1H3,(H,35,36,37)/b20-16+,26-15+,27-2-. The Labute approximate surface area is 230 Å². The van der Waals surface area contributed by atoms with Gasteiger partial charge in [-0.05, 0) is 74.1 Å². The van der Waals surface area contributed by atoms with Crippen LogP contribution in [0.25, 0.3) is 51.5 Å². The van der Waals surface area contributed by atoms with Crippen molar-refractivity contribution in [3.8, 4) is 28.4 Å². The molecule has 8 nitrogen and oxygen atoms in total. The Kier molecular flexibility index (Phi) is 7.09. The second kappa shape index (κ2) is 11.1. The van der Waals surface area contributed by atoms with Gasteiger partial charge in [-0.2, -0.15) is 5.10 Å². The minimum Gasteiger partial charge on any atom is -0.489 e. The van der Waals surface area contributed by atoms with E-state index in [0.29, 0.717) is 22.7 Å². The van der Waals surface area contributed by atoms with Gasteiger partial charge in [-0.3, -0.25) is 10.1 Å². The normalized spacial score (nSPS) is 15.7.